The van der Waals surface area contributed by atoms with Crippen LogP contribution in [0.15, 0.2) is 48.5 Å². The lowest BCUT2D eigenvalue weighted by Crippen LogP contribution is -2.27. The van der Waals surface area contributed by atoms with E-state index < -0.39 is 11.7 Å². The van der Waals surface area contributed by atoms with Gasteiger partial charge in [0.25, 0.3) is 5.91 Å². The molecule has 0 spiro atoms. The molecule has 1 aliphatic rings. The van der Waals surface area contributed by atoms with E-state index in [0.717, 1.165) is 12.1 Å². The number of nitrogens with one attached hydrogen (secondary N) is 1. The molecule has 1 N–H and O–H groups in total. The highest BCUT2D eigenvalue weighted by Gasteiger charge is 2.29. The molecule has 4 rings (SSSR count). The maximum atomic E-state index is 13.3. The van der Waals surface area contributed by atoms with Crippen molar-refractivity contribution >= 4 is 34.8 Å². The Kier molecular flexibility index (Phi) is 4.73. The third kappa shape index (κ3) is 3.43. The molecule has 7 heteroatoms. The lowest BCUT2D eigenvalue weighted by atomic mass is 10.1. The van der Waals surface area contributed by atoms with Gasteiger partial charge in [0.1, 0.15) is 11.5 Å². The minimum atomic E-state index is -0.540. The summed E-state index contributed by atoms with van der Waals surface area (Å²) in [5.74, 6) is -0.462. The van der Waals surface area contributed by atoms with Crippen LogP contribution < -0.4 is 10.2 Å². The molecule has 1 aromatic heterocycles. The number of aromatic nitrogens is 2. The van der Waals surface area contributed by atoms with Gasteiger partial charge >= 0.3 is 0 Å². The van der Waals surface area contributed by atoms with Crippen molar-refractivity contribution in [1.29, 1.82) is 0 Å². The quantitative estimate of drug-likeness (QED) is 0.683. The van der Waals surface area contributed by atoms with Crippen LogP contribution in [0, 0.1) is 12.7 Å². The Morgan fingerprint density at radius 1 is 1.21 bits per heavy atom. The molecule has 0 radical (unpaired) electrons. The minimum Gasteiger partial charge on any atom is -0.321 e. The summed E-state index contributed by atoms with van der Waals surface area (Å²) in [6.45, 7) is 3.93. The van der Waals surface area contributed by atoms with E-state index in [0.29, 0.717) is 17.3 Å². The normalized spacial score (nSPS) is 15.4. The smallest absolute Gasteiger partial charge is 0.274 e. The Labute approximate surface area is 167 Å². The van der Waals surface area contributed by atoms with Crippen LogP contribution in [0.3, 0.4) is 0 Å². The molecule has 3 aromatic rings. The molecule has 1 aliphatic heterocycles. The van der Waals surface area contributed by atoms with Gasteiger partial charge in [0.15, 0.2) is 0 Å². The Balaban J connectivity index is 1.66. The van der Waals surface area contributed by atoms with Crippen molar-refractivity contribution in [2.24, 2.45) is 0 Å². The number of nitrogens with zero attached hydrogens (tertiary/aromatic N) is 3. The van der Waals surface area contributed by atoms with Crippen LogP contribution in [-0.4, -0.2) is 21.9 Å². The highest BCUT2D eigenvalue weighted by molar-refractivity contribution is 6.31. The van der Waals surface area contributed by atoms with Gasteiger partial charge in [-0.3, -0.25) is 4.79 Å². The van der Waals surface area contributed by atoms with Gasteiger partial charge in [-0.2, -0.15) is 0 Å². The van der Waals surface area contributed by atoms with Gasteiger partial charge < -0.3 is 10.2 Å². The van der Waals surface area contributed by atoms with E-state index in [-0.39, 0.29) is 16.8 Å². The molecule has 5 nitrogen and oxygen atoms in total. The molecule has 0 fully saturated rings. The summed E-state index contributed by atoms with van der Waals surface area (Å²) in [5, 5.41) is 2.65. The summed E-state index contributed by atoms with van der Waals surface area (Å²) in [6, 6.07) is 13.9. The second-order valence-corrected chi connectivity index (χ2v) is 7.24. The molecule has 1 unspecified atom stereocenters. The predicted molar refractivity (Wildman–Crippen MR) is 108 cm³/mol. The third-order valence-corrected chi connectivity index (χ3v) is 4.96. The van der Waals surface area contributed by atoms with Crippen molar-refractivity contribution in [3.8, 4) is 0 Å². The van der Waals surface area contributed by atoms with E-state index in [2.05, 4.69) is 28.3 Å². The van der Waals surface area contributed by atoms with Crippen LogP contribution in [0.1, 0.15) is 28.7 Å². The zero-order valence-electron chi connectivity index (χ0n) is 15.4. The summed E-state index contributed by atoms with van der Waals surface area (Å²) < 4.78 is 13.3. The largest absolute Gasteiger partial charge is 0.321 e. The number of rotatable bonds is 3. The zero-order valence-corrected chi connectivity index (χ0v) is 16.2. The highest BCUT2D eigenvalue weighted by atomic mass is 35.5. The molecule has 0 saturated heterocycles. The molecule has 142 valence electrons. The van der Waals surface area contributed by atoms with Gasteiger partial charge in [-0.1, -0.05) is 29.8 Å². The summed E-state index contributed by atoms with van der Waals surface area (Å²) in [7, 11) is 0. The Morgan fingerprint density at radius 2 is 2.00 bits per heavy atom. The van der Waals surface area contributed by atoms with Gasteiger partial charge in [0.05, 0.1) is 5.02 Å². The summed E-state index contributed by atoms with van der Waals surface area (Å²) >= 11 is 5.79. The van der Waals surface area contributed by atoms with E-state index in [1.165, 1.54) is 23.8 Å². The number of anilines is 3. The maximum absolute atomic E-state index is 13.3. The second kappa shape index (κ2) is 7.20. The average Bonchev–Trinajstić information content (AvgIpc) is 3.00. The second-order valence-electron chi connectivity index (χ2n) is 6.83. The number of amides is 1. The molecule has 0 aliphatic carbocycles. The Bertz CT molecular complexity index is 1070. The lowest BCUT2D eigenvalue weighted by Gasteiger charge is -2.23. The van der Waals surface area contributed by atoms with Crippen molar-refractivity contribution in [1.82, 2.24) is 9.97 Å². The monoisotopic (exact) mass is 396 g/mol. The SMILES string of the molecule is Cc1cc(C(=O)Nc2ccc(F)c(Cl)c2)nc(N2c3ccccc3CC2C)n1. The van der Waals surface area contributed by atoms with Crippen LogP contribution in [-0.2, 0) is 6.42 Å². The number of benzene rings is 2. The zero-order chi connectivity index (χ0) is 19.8. The molecule has 0 bridgehead atoms. The fourth-order valence-corrected chi connectivity index (χ4v) is 3.60. The van der Waals surface area contributed by atoms with Crippen molar-refractivity contribution in [3.05, 3.63) is 76.3 Å². The first kappa shape index (κ1) is 18.4. The van der Waals surface area contributed by atoms with Gasteiger partial charge in [-0.15, -0.1) is 0 Å². The number of fused-ring (bicyclic) bond motifs is 1. The Morgan fingerprint density at radius 3 is 2.79 bits per heavy atom. The number of hydrogen-bond donors (Lipinski definition) is 1. The van der Waals surface area contributed by atoms with Gasteiger partial charge in [-0.05, 0) is 56.2 Å². The first-order valence-corrected chi connectivity index (χ1v) is 9.29. The van der Waals surface area contributed by atoms with Crippen LogP contribution in [0.4, 0.5) is 21.7 Å². The first-order chi connectivity index (χ1) is 13.4. The van der Waals surface area contributed by atoms with Gasteiger partial charge in [-0.25, -0.2) is 14.4 Å². The molecule has 28 heavy (non-hydrogen) atoms. The van der Waals surface area contributed by atoms with Crippen LogP contribution >= 0.6 is 11.6 Å². The topological polar surface area (TPSA) is 58.1 Å². The summed E-state index contributed by atoms with van der Waals surface area (Å²) in [4.78, 5) is 23.8. The van der Waals surface area contributed by atoms with Gasteiger partial charge in [0.2, 0.25) is 5.95 Å². The highest BCUT2D eigenvalue weighted by Crippen LogP contribution is 2.36. The number of halogens is 2. The number of carbonyl (C=O) groups is 1. The molecule has 1 atom stereocenters. The molecule has 2 heterocycles. The minimum absolute atomic E-state index is 0.0557. The lowest BCUT2D eigenvalue weighted by molar-refractivity contribution is 0.102. The van der Waals surface area contributed by atoms with E-state index in [1.807, 2.05) is 30.0 Å². The number of para-hydroxylation sites is 1. The summed E-state index contributed by atoms with van der Waals surface area (Å²) in [5.41, 5.74) is 3.60. The third-order valence-electron chi connectivity index (χ3n) is 4.68. The van der Waals surface area contributed by atoms with E-state index in [4.69, 9.17) is 11.6 Å². The number of carbonyl (C=O) groups excluding carboxylic acids is 1. The van der Waals surface area contributed by atoms with Crippen molar-refractivity contribution in [2.75, 3.05) is 10.2 Å². The van der Waals surface area contributed by atoms with Crippen LogP contribution in [0.5, 0.6) is 0 Å². The van der Waals surface area contributed by atoms with Gasteiger partial charge in [0, 0.05) is 23.1 Å². The molecule has 0 saturated carbocycles. The maximum Gasteiger partial charge on any atom is 0.274 e. The average molecular weight is 397 g/mol. The van der Waals surface area contributed by atoms with Crippen molar-refractivity contribution in [2.45, 2.75) is 26.3 Å². The fourth-order valence-electron chi connectivity index (χ4n) is 3.42. The standard InChI is InChI=1S/C21H18ClFN4O/c1-12-9-18(20(28)25-15-7-8-17(23)16(22)11-15)26-21(24-12)27-13(2)10-14-5-3-4-6-19(14)27/h3-9,11,13H,10H2,1-2H3,(H,25,28). The van der Waals surface area contributed by atoms with Crippen LogP contribution in [0.2, 0.25) is 5.02 Å². The first-order valence-electron chi connectivity index (χ1n) is 8.91. The number of hydrogen-bond acceptors (Lipinski definition) is 4. The fraction of sp³-hybridized carbons (Fsp3) is 0.190. The summed E-state index contributed by atoms with van der Waals surface area (Å²) in [6.07, 6.45) is 0.892. The van der Waals surface area contributed by atoms with E-state index in [9.17, 15) is 9.18 Å². The molecular weight excluding hydrogens is 379 g/mol. The molecule has 1 amide bonds. The Hall–Kier alpha value is -2.99. The number of aryl methyl sites for hydroxylation is 1. The van der Waals surface area contributed by atoms with Crippen LogP contribution in [0.25, 0.3) is 0 Å². The van der Waals surface area contributed by atoms with E-state index >= 15 is 0 Å². The van der Waals surface area contributed by atoms with Crippen molar-refractivity contribution < 1.29 is 9.18 Å². The van der Waals surface area contributed by atoms with E-state index in [1.54, 1.807) is 6.07 Å². The predicted octanol–water partition coefficient (Wildman–Crippen LogP) is 4.91. The molecular formula is C21H18ClFN4O. The molecule has 2 aromatic carbocycles. The van der Waals surface area contributed by atoms with Crippen molar-refractivity contribution in [3.63, 3.8) is 0 Å².